The van der Waals surface area contributed by atoms with Gasteiger partial charge < -0.3 is 0 Å². The van der Waals surface area contributed by atoms with E-state index in [4.69, 9.17) is 0 Å². The van der Waals surface area contributed by atoms with Crippen LogP contribution in [0.5, 0.6) is 0 Å². The molecule has 2 nitrogen and oxygen atoms in total. The highest BCUT2D eigenvalue weighted by atomic mass is 16.1. The minimum atomic E-state index is 0.232. The van der Waals surface area contributed by atoms with Crippen molar-refractivity contribution in [2.75, 3.05) is 0 Å². The average molecular weight is 209 g/mol. The lowest BCUT2D eigenvalue weighted by molar-refractivity contribution is -0.114. The zero-order chi connectivity index (χ0) is 11.0. The van der Waals surface area contributed by atoms with Gasteiger partial charge in [-0.2, -0.15) is 0 Å². The Bertz CT molecular complexity index is 593. The summed E-state index contributed by atoms with van der Waals surface area (Å²) >= 11 is 0. The number of allylic oxidation sites excluding steroid dienone is 2. The Labute approximate surface area is 93.6 Å². The normalized spacial score (nSPS) is 15.5. The van der Waals surface area contributed by atoms with Crippen LogP contribution >= 0.6 is 0 Å². The largest absolute Gasteiger partial charge is 0.295 e. The Morgan fingerprint density at radius 1 is 1.06 bits per heavy atom. The van der Waals surface area contributed by atoms with Gasteiger partial charge in [-0.1, -0.05) is 18.2 Å². The Balaban J connectivity index is 2.24. The molecule has 3 rings (SSSR count). The number of benzene rings is 1. The molecule has 1 aliphatic rings. The molecule has 16 heavy (non-hydrogen) atoms. The molecule has 1 aromatic carbocycles. The maximum absolute atomic E-state index is 11.3. The summed E-state index contributed by atoms with van der Waals surface area (Å²) in [5.41, 5.74) is 3.28. The Hall–Kier alpha value is -1.96. The number of aromatic nitrogens is 1. The smallest absolute Gasteiger partial charge is 0.156 e. The van der Waals surface area contributed by atoms with E-state index in [1.165, 1.54) is 0 Å². The summed E-state index contributed by atoms with van der Waals surface area (Å²) < 4.78 is 0. The van der Waals surface area contributed by atoms with Crippen LogP contribution in [0.4, 0.5) is 0 Å². The van der Waals surface area contributed by atoms with Crippen LogP contribution in [0.1, 0.15) is 18.4 Å². The molecule has 0 N–H and O–H groups in total. The van der Waals surface area contributed by atoms with Crippen molar-refractivity contribution in [3.05, 3.63) is 48.2 Å². The molecule has 1 aliphatic carbocycles. The second kappa shape index (κ2) is 3.56. The fourth-order valence-corrected chi connectivity index (χ4v) is 2.19. The highest BCUT2D eigenvalue weighted by molar-refractivity contribution is 6.05. The van der Waals surface area contributed by atoms with Crippen LogP contribution in [0.15, 0.2) is 42.6 Å². The maximum atomic E-state index is 11.3. The molecule has 0 bridgehead atoms. The summed E-state index contributed by atoms with van der Waals surface area (Å²) in [6.45, 7) is 0. The molecule has 78 valence electrons. The molecule has 0 unspecified atom stereocenters. The number of pyridine rings is 1. The summed E-state index contributed by atoms with van der Waals surface area (Å²) in [7, 11) is 0. The van der Waals surface area contributed by atoms with Crippen LogP contribution < -0.4 is 0 Å². The first-order valence-corrected chi connectivity index (χ1v) is 5.42. The zero-order valence-electron chi connectivity index (χ0n) is 8.81. The number of nitrogens with zero attached hydrogens (tertiary/aromatic N) is 1. The predicted molar refractivity (Wildman–Crippen MR) is 64.0 cm³/mol. The van der Waals surface area contributed by atoms with E-state index in [0.29, 0.717) is 6.42 Å². The minimum Gasteiger partial charge on any atom is -0.295 e. The quantitative estimate of drug-likeness (QED) is 0.722. The Morgan fingerprint density at radius 2 is 2.00 bits per heavy atom. The van der Waals surface area contributed by atoms with Crippen molar-refractivity contribution in [2.45, 2.75) is 12.8 Å². The Morgan fingerprint density at radius 3 is 2.81 bits per heavy atom. The number of rotatable bonds is 1. The monoisotopic (exact) mass is 209 g/mol. The fourth-order valence-electron chi connectivity index (χ4n) is 2.19. The molecule has 0 saturated carbocycles. The van der Waals surface area contributed by atoms with Crippen molar-refractivity contribution in [2.24, 2.45) is 0 Å². The van der Waals surface area contributed by atoms with Gasteiger partial charge in [0.1, 0.15) is 0 Å². The fraction of sp³-hybridized carbons (Fsp3) is 0.143. The van der Waals surface area contributed by atoms with Gasteiger partial charge in [0.15, 0.2) is 5.78 Å². The number of ketones is 1. The molecule has 0 aliphatic heterocycles. The molecule has 1 heterocycles. The zero-order valence-corrected chi connectivity index (χ0v) is 8.81. The average Bonchev–Trinajstić information content (AvgIpc) is 2.75. The first kappa shape index (κ1) is 9.28. The third kappa shape index (κ3) is 1.43. The van der Waals surface area contributed by atoms with Crippen molar-refractivity contribution in [1.29, 1.82) is 0 Å². The van der Waals surface area contributed by atoms with Gasteiger partial charge in [0.05, 0.1) is 5.52 Å². The number of carbonyl (C=O) groups is 1. The minimum absolute atomic E-state index is 0.232. The third-order valence-corrected chi connectivity index (χ3v) is 2.97. The van der Waals surface area contributed by atoms with Gasteiger partial charge in [-0.05, 0) is 35.8 Å². The molecule has 2 heteroatoms. The lowest BCUT2D eigenvalue weighted by Gasteiger charge is -2.05. The van der Waals surface area contributed by atoms with Gasteiger partial charge in [0.25, 0.3) is 0 Å². The van der Waals surface area contributed by atoms with Gasteiger partial charge in [-0.15, -0.1) is 0 Å². The van der Waals surface area contributed by atoms with Crippen LogP contribution in [-0.2, 0) is 4.79 Å². The van der Waals surface area contributed by atoms with Gasteiger partial charge in [0, 0.05) is 18.0 Å². The highest BCUT2D eigenvalue weighted by Crippen LogP contribution is 2.30. The van der Waals surface area contributed by atoms with Crippen molar-refractivity contribution in [3.63, 3.8) is 0 Å². The number of hydrogen-bond donors (Lipinski definition) is 0. The summed E-state index contributed by atoms with van der Waals surface area (Å²) in [5.74, 6) is 0.232. The third-order valence-electron chi connectivity index (χ3n) is 2.97. The second-order valence-corrected chi connectivity index (χ2v) is 4.01. The van der Waals surface area contributed by atoms with E-state index in [1.54, 1.807) is 12.3 Å². The molecule has 1 aromatic heterocycles. The van der Waals surface area contributed by atoms with Crippen molar-refractivity contribution >= 4 is 22.3 Å². The number of fused-ring (bicyclic) bond motifs is 1. The van der Waals surface area contributed by atoms with Crippen LogP contribution in [0.25, 0.3) is 16.5 Å². The van der Waals surface area contributed by atoms with E-state index in [2.05, 4.69) is 17.1 Å². The molecular weight excluding hydrogens is 198 g/mol. The first-order chi connectivity index (χ1) is 7.84. The number of hydrogen-bond acceptors (Lipinski definition) is 2. The first-order valence-electron chi connectivity index (χ1n) is 5.42. The van der Waals surface area contributed by atoms with Crippen LogP contribution in [0.3, 0.4) is 0 Å². The summed E-state index contributed by atoms with van der Waals surface area (Å²) in [6.07, 6.45) is 5.06. The van der Waals surface area contributed by atoms with E-state index in [9.17, 15) is 4.79 Å². The molecule has 0 amide bonds. The van der Waals surface area contributed by atoms with Crippen molar-refractivity contribution in [3.8, 4) is 0 Å². The van der Waals surface area contributed by atoms with Gasteiger partial charge in [-0.3, -0.25) is 9.78 Å². The van der Waals surface area contributed by atoms with Gasteiger partial charge in [-0.25, -0.2) is 0 Å². The number of carbonyl (C=O) groups excluding carboxylic acids is 1. The molecule has 0 radical (unpaired) electrons. The summed E-state index contributed by atoms with van der Waals surface area (Å²) in [5, 5.41) is 1.13. The van der Waals surface area contributed by atoms with Gasteiger partial charge >= 0.3 is 0 Å². The van der Waals surface area contributed by atoms with Crippen LogP contribution in [0.2, 0.25) is 0 Å². The van der Waals surface area contributed by atoms with E-state index >= 15 is 0 Å². The highest BCUT2D eigenvalue weighted by Gasteiger charge is 2.15. The molecule has 2 aromatic rings. The molecule has 0 spiro atoms. The van der Waals surface area contributed by atoms with Crippen molar-refractivity contribution in [1.82, 2.24) is 4.98 Å². The second-order valence-electron chi connectivity index (χ2n) is 4.01. The van der Waals surface area contributed by atoms with Crippen LogP contribution in [0, 0.1) is 0 Å². The van der Waals surface area contributed by atoms with Crippen molar-refractivity contribution < 1.29 is 4.79 Å². The molecular formula is C14H11NO. The summed E-state index contributed by atoms with van der Waals surface area (Å²) in [6, 6.07) is 10.0. The molecule has 0 saturated heterocycles. The van der Waals surface area contributed by atoms with E-state index in [-0.39, 0.29) is 5.78 Å². The summed E-state index contributed by atoms with van der Waals surface area (Å²) in [4.78, 5) is 15.6. The lowest BCUT2D eigenvalue weighted by Crippen LogP contribution is -1.85. The lowest BCUT2D eigenvalue weighted by atomic mass is 10.0. The van der Waals surface area contributed by atoms with Crippen LogP contribution in [-0.4, -0.2) is 10.8 Å². The van der Waals surface area contributed by atoms with E-state index in [1.807, 2.05) is 18.2 Å². The van der Waals surface area contributed by atoms with E-state index in [0.717, 1.165) is 28.5 Å². The Kier molecular flexibility index (Phi) is 2.07. The standard InChI is InChI=1S/C14H11NO/c16-11-7-6-10(9-11)12-3-1-5-14-13(12)4-2-8-15-14/h1-5,8-9H,6-7H2. The predicted octanol–water partition coefficient (Wildman–Crippen LogP) is 2.98. The van der Waals surface area contributed by atoms with Gasteiger partial charge in [0.2, 0.25) is 0 Å². The topological polar surface area (TPSA) is 30.0 Å². The van der Waals surface area contributed by atoms with E-state index < -0.39 is 0 Å². The molecule has 0 fully saturated rings. The molecule has 0 atom stereocenters. The maximum Gasteiger partial charge on any atom is 0.156 e. The SMILES string of the molecule is O=C1C=C(c2cccc3ncccc23)CC1.